The van der Waals surface area contributed by atoms with Crippen LogP contribution in [0.5, 0.6) is 0 Å². The molecule has 136 valence electrons. The van der Waals surface area contributed by atoms with E-state index in [-0.39, 0.29) is 23.7 Å². The highest BCUT2D eigenvalue weighted by molar-refractivity contribution is 5.92. The van der Waals surface area contributed by atoms with Gasteiger partial charge >= 0.3 is 0 Å². The van der Waals surface area contributed by atoms with Crippen LogP contribution < -0.4 is 10.9 Å². The first-order chi connectivity index (χ1) is 13.1. The van der Waals surface area contributed by atoms with Gasteiger partial charge in [0.25, 0.3) is 5.56 Å². The molecule has 4 aromatic rings. The summed E-state index contributed by atoms with van der Waals surface area (Å²) in [6.45, 7) is 1.89. The molecular weight excluding hydrogens is 342 g/mol. The van der Waals surface area contributed by atoms with Gasteiger partial charge in [0, 0.05) is 7.05 Å². The van der Waals surface area contributed by atoms with E-state index in [1.54, 1.807) is 22.6 Å². The first kappa shape index (κ1) is 16.8. The van der Waals surface area contributed by atoms with E-state index < -0.39 is 0 Å². The molecule has 0 aliphatic carbocycles. The topological polar surface area (TPSA) is 73.8 Å². The quantitative estimate of drug-likeness (QED) is 0.607. The molecule has 0 saturated heterocycles. The third kappa shape index (κ3) is 2.93. The number of hydrogen-bond acceptors (Lipinski definition) is 3. The highest BCUT2D eigenvalue weighted by atomic mass is 16.2. The zero-order valence-electron chi connectivity index (χ0n) is 15.1. The number of fused-ring (bicyclic) bond motifs is 1. The van der Waals surface area contributed by atoms with E-state index in [2.05, 4.69) is 10.3 Å². The largest absolute Gasteiger partial charge is 0.321 e. The van der Waals surface area contributed by atoms with E-state index in [0.29, 0.717) is 5.69 Å². The van der Waals surface area contributed by atoms with Crippen molar-refractivity contribution < 1.29 is 4.79 Å². The van der Waals surface area contributed by atoms with Crippen molar-refractivity contribution in [2.75, 3.05) is 5.32 Å². The second-order valence-electron chi connectivity index (χ2n) is 6.35. The fourth-order valence-corrected chi connectivity index (χ4v) is 3.18. The van der Waals surface area contributed by atoms with Gasteiger partial charge in [-0.3, -0.25) is 14.3 Å². The molecule has 4 rings (SSSR count). The number of carbonyl (C=O) groups excluding carboxylic acids is 1. The van der Waals surface area contributed by atoms with E-state index in [1.165, 1.54) is 4.68 Å². The van der Waals surface area contributed by atoms with Gasteiger partial charge in [-0.05, 0) is 31.2 Å². The Morgan fingerprint density at radius 3 is 2.56 bits per heavy atom. The Labute approximate surface area is 155 Å². The van der Waals surface area contributed by atoms with Gasteiger partial charge in [-0.25, -0.2) is 9.67 Å². The third-order valence-electron chi connectivity index (χ3n) is 4.66. The van der Waals surface area contributed by atoms with Gasteiger partial charge in [0.1, 0.15) is 12.2 Å². The summed E-state index contributed by atoms with van der Waals surface area (Å²) in [5.41, 5.74) is 3.16. The molecule has 2 aromatic carbocycles. The van der Waals surface area contributed by atoms with Gasteiger partial charge in [-0.15, -0.1) is 0 Å². The van der Waals surface area contributed by atoms with Gasteiger partial charge in [0.2, 0.25) is 5.91 Å². The van der Waals surface area contributed by atoms with Crippen LogP contribution in [0.4, 0.5) is 5.69 Å². The lowest BCUT2D eigenvalue weighted by molar-refractivity contribution is -0.116. The lowest BCUT2D eigenvalue weighted by atomic mass is 10.3. The second-order valence-corrected chi connectivity index (χ2v) is 6.35. The smallest absolute Gasteiger partial charge is 0.295 e. The molecule has 1 amide bonds. The van der Waals surface area contributed by atoms with Crippen LogP contribution in [-0.4, -0.2) is 24.8 Å². The number of anilines is 1. The second kappa shape index (κ2) is 6.60. The summed E-state index contributed by atoms with van der Waals surface area (Å²) in [6, 6.07) is 16.9. The highest BCUT2D eigenvalue weighted by Gasteiger charge is 2.18. The monoisotopic (exact) mass is 361 g/mol. The Kier molecular flexibility index (Phi) is 4.12. The summed E-state index contributed by atoms with van der Waals surface area (Å²) in [6.07, 6.45) is 1.63. The number of para-hydroxylation sites is 3. The Morgan fingerprint density at radius 2 is 1.78 bits per heavy atom. The van der Waals surface area contributed by atoms with Crippen molar-refractivity contribution in [1.82, 2.24) is 18.9 Å². The van der Waals surface area contributed by atoms with Gasteiger partial charge in [-0.1, -0.05) is 30.3 Å². The molecule has 2 heterocycles. The van der Waals surface area contributed by atoms with Crippen LogP contribution in [0.25, 0.3) is 16.7 Å². The average molecular weight is 361 g/mol. The fraction of sp³-hybridized carbons (Fsp3) is 0.150. The summed E-state index contributed by atoms with van der Waals surface area (Å²) < 4.78 is 5.04. The van der Waals surface area contributed by atoms with Crippen LogP contribution in [0.3, 0.4) is 0 Å². The number of aromatic nitrogens is 4. The number of nitrogens with one attached hydrogen (secondary N) is 1. The number of amides is 1. The van der Waals surface area contributed by atoms with Gasteiger partial charge in [-0.2, -0.15) is 0 Å². The molecule has 0 atom stereocenters. The zero-order chi connectivity index (χ0) is 19.0. The van der Waals surface area contributed by atoms with E-state index >= 15 is 0 Å². The summed E-state index contributed by atoms with van der Waals surface area (Å²) in [7, 11) is 1.79. The van der Waals surface area contributed by atoms with Gasteiger partial charge < -0.3 is 9.88 Å². The molecule has 0 saturated carbocycles. The summed E-state index contributed by atoms with van der Waals surface area (Å²) >= 11 is 0. The summed E-state index contributed by atoms with van der Waals surface area (Å²) in [4.78, 5) is 29.7. The minimum Gasteiger partial charge on any atom is -0.321 e. The van der Waals surface area contributed by atoms with Crippen LogP contribution in [-0.2, 0) is 18.4 Å². The number of hydrogen-bond donors (Lipinski definition) is 1. The van der Waals surface area contributed by atoms with Crippen molar-refractivity contribution in [1.29, 1.82) is 0 Å². The maximum absolute atomic E-state index is 12.9. The first-order valence-electron chi connectivity index (χ1n) is 8.60. The van der Waals surface area contributed by atoms with Crippen LogP contribution in [0.1, 0.15) is 5.69 Å². The predicted molar refractivity (Wildman–Crippen MR) is 104 cm³/mol. The molecule has 0 unspecified atom stereocenters. The molecule has 2 aromatic heterocycles. The first-order valence-corrected chi connectivity index (χ1v) is 8.60. The normalized spacial score (nSPS) is 11.0. The van der Waals surface area contributed by atoms with E-state index in [0.717, 1.165) is 16.7 Å². The van der Waals surface area contributed by atoms with Crippen molar-refractivity contribution in [3.05, 3.63) is 77.0 Å². The molecule has 0 aliphatic rings. The lowest BCUT2D eigenvalue weighted by Crippen LogP contribution is -2.24. The Bertz CT molecular complexity index is 1180. The van der Waals surface area contributed by atoms with E-state index in [9.17, 15) is 9.59 Å². The number of rotatable bonds is 4. The van der Waals surface area contributed by atoms with Crippen LogP contribution in [0, 0.1) is 6.92 Å². The number of benzene rings is 2. The van der Waals surface area contributed by atoms with E-state index in [4.69, 9.17) is 0 Å². The van der Waals surface area contributed by atoms with Gasteiger partial charge in [0.15, 0.2) is 0 Å². The van der Waals surface area contributed by atoms with Crippen molar-refractivity contribution in [2.45, 2.75) is 13.5 Å². The SMILES string of the molecule is Cc1c(NC(=O)Cn2cnc3ccccc32)c(=O)n(-c2ccccc2)n1C. The molecule has 27 heavy (non-hydrogen) atoms. The molecule has 1 N–H and O–H groups in total. The fourth-order valence-electron chi connectivity index (χ4n) is 3.18. The maximum atomic E-state index is 12.9. The number of nitrogens with zero attached hydrogens (tertiary/aromatic N) is 4. The minimum atomic E-state index is -0.274. The molecule has 7 nitrogen and oxygen atoms in total. The number of imidazole rings is 1. The zero-order valence-corrected chi connectivity index (χ0v) is 15.1. The third-order valence-corrected chi connectivity index (χ3v) is 4.66. The highest BCUT2D eigenvalue weighted by Crippen LogP contribution is 2.15. The summed E-state index contributed by atoms with van der Waals surface area (Å²) in [5.74, 6) is -0.274. The van der Waals surface area contributed by atoms with Crippen molar-refractivity contribution in [3.8, 4) is 5.69 Å². The predicted octanol–water partition coefficient (Wildman–Crippen LogP) is 2.47. The van der Waals surface area contributed by atoms with E-state index in [1.807, 2.05) is 61.5 Å². The lowest BCUT2D eigenvalue weighted by Gasteiger charge is -2.07. The van der Waals surface area contributed by atoms with Crippen molar-refractivity contribution >= 4 is 22.6 Å². The standard InChI is InChI=1S/C20H19N5O2/c1-14-19(20(27)25(23(14)2)15-8-4-3-5-9-15)22-18(26)12-24-13-21-16-10-6-7-11-17(16)24/h3-11,13H,12H2,1-2H3,(H,22,26). The summed E-state index contributed by atoms with van der Waals surface area (Å²) in [5, 5.41) is 2.77. The molecule has 0 aliphatic heterocycles. The maximum Gasteiger partial charge on any atom is 0.295 e. The Hall–Kier alpha value is -3.61. The molecule has 7 heteroatoms. The molecule has 0 bridgehead atoms. The Balaban J connectivity index is 1.63. The van der Waals surface area contributed by atoms with Crippen molar-refractivity contribution in [3.63, 3.8) is 0 Å². The molecular formula is C20H19N5O2. The van der Waals surface area contributed by atoms with Gasteiger partial charge in [0.05, 0.1) is 28.7 Å². The Morgan fingerprint density at radius 1 is 1.07 bits per heavy atom. The molecule has 0 fully saturated rings. The van der Waals surface area contributed by atoms with Crippen LogP contribution in [0.2, 0.25) is 0 Å². The minimum absolute atomic E-state index is 0.0830. The number of carbonyl (C=O) groups is 1. The average Bonchev–Trinajstić information content (AvgIpc) is 3.17. The van der Waals surface area contributed by atoms with Crippen LogP contribution in [0.15, 0.2) is 65.7 Å². The molecule has 0 spiro atoms. The molecule has 0 radical (unpaired) electrons. The van der Waals surface area contributed by atoms with Crippen LogP contribution >= 0.6 is 0 Å². The van der Waals surface area contributed by atoms with Crippen molar-refractivity contribution in [2.24, 2.45) is 7.05 Å².